The molecule has 0 saturated carbocycles. The van der Waals surface area contributed by atoms with E-state index < -0.39 is 17.5 Å². The normalized spacial score (nSPS) is 14.9. The highest BCUT2D eigenvalue weighted by atomic mass is 32.2. The molecule has 0 heterocycles. The maximum Gasteiger partial charge on any atom is 0.335 e. The molecule has 186 valence electrons. The van der Waals surface area contributed by atoms with Gasteiger partial charge in [0.05, 0.1) is 16.4 Å². The fourth-order valence-electron chi connectivity index (χ4n) is 3.19. The first kappa shape index (κ1) is 29.5. The quantitative estimate of drug-likeness (QED) is 0.0945. The first-order chi connectivity index (χ1) is 16.3. The summed E-state index contributed by atoms with van der Waals surface area (Å²) in [6.07, 6.45) is 22.5. The van der Waals surface area contributed by atoms with Gasteiger partial charge in [-0.2, -0.15) is 0 Å². The number of carboxylic acid groups (broad SMARTS) is 2. The lowest BCUT2D eigenvalue weighted by Gasteiger charge is -2.30. The van der Waals surface area contributed by atoms with Gasteiger partial charge in [0.15, 0.2) is 0 Å². The van der Waals surface area contributed by atoms with Crippen molar-refractivity contribution in [3.05, 3.63) is 78.4 Å². The van der Waals surface area contributed by atoms with Gasteiger partial charge in [-0.25, -0.2) is 4.79 Å². The van der Waals surface area contributed by atoms with Gasteiger partial charge in [0.25, 0.3) is 0 Å². The summed E-state index contributed by atoms with van der Waals surface area (Å²) in [6.45, 7) is 3.91. The van der Waals surface area contributed by atoms with E-state index in [1.54, 1.807) is 19.1 Å². The average molecular weight is 487 g/mol. The molecule has 0 aromatic heterocycles. The molecule has 0 aliphatic rings. The number of hydrogen-bond acceptors (Lipinski definition) is 4. The smallest absolute Gasteiger partial charge is 0.335 e. The van der Waals surface area contributed by atoms with E-state index in [2.05, 4.69) is 25.2 Å². The van der Waals surface area contributed by atoms with Crippen LogP contribution in [0.25, 0.3) is 0 Å². The van der Waals surface area contributed by atoms with Crippen molar-refractivity contribution in [2.24, 2.45) is 0 Å². The summed E-state index contributed by atoms with van der Waals surface area (Å²) in [4.78, 5) is 22.8. The number of aliphatic carboxylic acids is 1. The molecule has 2 unspecified atom stereocenters. The van der Waals surface area contributed by atoms with Crippen LogP contribution in [0, 0.1) is 0 Å². The molecule has 0 spiro atoms. The Morgan fingerprint density at radius 3 is 2.32 bits per heavy atom. The number of unbranched alkanes of at least 4 members (excludes halogenated alkanes) is 3. The maximum atomic E-state index is 11.1. The number of aliphatic hydroxyl groups is 1. The summed E-state index contributed by atoms with van der Waals surface area (Å²) < 4.78 is 0. The molecule has 0 fully saturated rings. The third kappa shape index (κ3) is 13.2. The number of thioether (sulfide) groups is 1. The second kappa shape index (κ2) is 17.0. The van der Waals surface area contributed by atoms with Crippen molar-refractivity contribution in [3.8, 4) is 0 Å². The average Bonchev–Trinajstić information content (AvgIpc) is 2.78. The Morgan fingerprint density at radius 2 is 1.68 bits per heavy atom. The Hall–Kier alpha value is -2.57. The molecule has 1 rings (SSSR count). The fourth-order valence-corrected chi connectivity index (χ4v) is 4.32. The molecule has 0 aliphatic heterocycles. The van der Waals surface area contributed by atoms with Crippen LogP contribution in [-0.2, 0) is 4.79 Å². The summed E-state index contributed by atoms with van der Waals surface area (Å²) in [5.74, 6) is -1.87. The van der Waals surface area contributed by atoms with Crippen molar-refractivity contribution in [2.75, 3.05) is 0 Å². The van der Waals surface area contributed by atoms with Crippen LogP contribution >= 0.6 is 11.8 Å². The zero-order chi connectivity index (χ0) is 25.2. The molecule has 3 N–H and O–H groups in total. The zero-order valence-electron chi connectivity index (χ0n) is 20.2. The number of hydrogen-bond donors (Lipinski definition) is 3. The predicted molar refractivity (Wildman–Crippen MR) is 140 cm³/mol. The minimum absolute atomic E-state index is 0.00229. The number of aromatic carboxylic acids is 1. The number of carboxylic acids is 2. The lowest BCUT2D eigenvalue weighted by Crippen LogP contribution is -2.36. The number of rotatable bonds is 17. The van der Waals surface area contributed by atoms with E-state index >= 15 is 0 Å². The van der Waals surface area contributed by atoms with Crippen molar-refractivity contribution < 1.29 is 24.9 Å². The third-order valence-corrected chi connectivity index (χ3v) is 6.68. The molecule has 0 aliphatic carbocycles. The van der Waals surface area contributed by atoms with E-state index in [1.165, 1.54) is 43.2 Å². The highest BCUT2D eigenvalue weighted by Crippen LogP contribution is 2.34. The molecular formula is C28H38O5S. The molecule has 0 bridgehead atoms. The second-order valence-electron chi connectivity index (χ2n) is 8.37. The number of allylic oxidation sites excluding steroid dienone is 7. The summed E-state index contributed by atoms with van der Waals surface area (Å²) in [5, 5.41) is 28.7. The Kier molecular flexibility index (Phi) is 14.7. The second-order valence-corrected chi connectivity index (χ2v) is 9.59. The van der Waals surface area contributed by atoms with Crippen LogP contribution in [0.15, 0.2) is 77.8 Å². The first-order valence-corrected chi connectivity index (χ1v) is 12.7. The molecule has 1 aromatic carbocycles. The molecule has 6 heteroatoms. The van der Waals surface area contributed by atoms with Crippen LogP contribution in [-0.4, -0.2) is 38.1 Å². The summed E-state index contributed by atoms with van der Waals surface area (Å²) in [5.41, 5.74) is -0.927. The topological polar surface area (TPSA) is 94.8 Å². The molecule has 1 aromatic rings. The van der Waals surface area contributed by atoms with Crippen LogP contribution in [0.1, 0.15) is 75.6 Å². The van der Waals surface area contributed by atoms with E-state index in [0.29, 0.717) is 12.8 Å². The highest BCUT2D eigenvalue weighted by molar-refractivity contribution is 8.00. The van der Waals surface area contributed by atoms with Gasteiger partial charge in [-0.3, -0.25) is 4.79 Å². The summed E-state index contributed by atoms with van der Waals surface area (Å²) in [6, 6.07) is 6.51. The van der Waals surface area contributed by atoms with Gasteiger partial charge in [-0.05, 0) is 63.3 Å². The van der Waals surface area contributed by atoms with Crippen molar-refractivity contribution in [1.82, 2.24) is 0 Å². The Labute approximate surface area is 208 Å². The summed E-state index contributed by atoms with van der Waals surface area (Å²) >= 11 is 1.42. The molecule has 34 heavy (non-hydrogen) atoms. The lowest BCUT2D eigenvalue weighted by molar-refractivity contribution is -0.137. The monoisotopic (exact) mass is 486 g/mol. The van der Waals surface area contributed by atoms with Crippen LogP contribution in [0.2, 0.25) is 0 Å². The Bertz CT molecular complexity index is 850. The largest absolute Gasteiger partial charge is 0.481 e. The SMILES string of the molecule is CCCCC/C=C\C\C=C/C=C/C=C/C(Sc1ccc(C(=O)O)cc1)C(C)(O)CCCC(=O)O. The van der Waals surface area contributed by atoms with Crippen LogP contribution < -0.4 is 0 Å². The van der Waals surface area contributed by atoms with Gasteiger partial charge in [0.1, 0.15) is 0 Å². The van der Waals surface area contributed by atoms with Crippen LogP contribution in [0.4, 0.5) is 0 Å². The Balaban J connectivity index is 2.74. The van der Waals surface area contributed by atoms with Gasteiger partial charge in [0, 0.05) is 11.3 Å². The van der Waals surface area contributed by atoms with Gasteiger partial charge in [-0.15, -0.1) is 11.8 Å². The van der Waals surface area contributed by atoms with Gasteiger partial charge < -0.3 is 15.3 Å². The first-order valence-electron chi connectivity index (χ1n) is 11.9. The number of benzene rings is 1. The lowest BCUT2D eigenvalue weighted by atomic mass is 9.94. The minimum Gasteiger partial charge on any atom is -0.481 e. The minimum atomic E-state index is -1.13. The van der Waals surface area contributed by atoms with Gasteiger partial charge in [-0.1, -0.05) is 68.4 Å². The Morgan fingerprint density at radius 1 is 0.971 bits per heavy atom. The molecule has 0 saturated heterocycles. The van der Waals surface area contributed by atoms with Crippen LogP contribution in [0.5, 0.6) is 0 Å². The van der Waals surface area contributed by atoms with Gasteiger partial charge >= 0.3 is 11.9 Å². The van der Waals surface area contributed by atoms with E-state index in [0.717, 1.165) is 17.7 Å². The van der Waals surface area contributed by atoms with E-state index in [9.17, 15) is 14.7 Å². The van der Waals surface area contributed by atoms with E-state index in [1.807, 2.05) is 30.4 Å². The van der Waals surface area contributed by atoms with Crippen molar-refractivity contribution in [1.29, 1.82) is 0 Å². The maximum absolute atomic E-state index is 11.1. The fraction of sp³-hybridized carbons (Fsp3) is 0.429. The van der Waals surface area contributed by atoms with Crippen molar-refractivity contribution in [2.45, 2.75) is 81.0 Å². The zero-order valence-corrected chi connectivity index (χ0v) is 21.0. The standard InChI is InChI=1S/C28H38O5S/c1-3-4-5-6-7-8-9-10-11-12-13-14-16-25(28(2,33)22-15-17-26(29)30)34-24-20-18-23(19-21-24)27(31)32/h7-8,10-14,16,18-21,25,33H,3-6,9,15,17,22H2,1-2H3,(H,29,30)(H,31,32)/b8-7-,11-10-,13-12+,16-14+. The van der Waals surface area contributed by atoms with E-state index in [-0.39, 0.29) is 17.2 Å². The number of carbonyl (C=O) groups is 2. The molecular weight excluding hydrogens is 448 g/mol. The van der Waals surface area contributed by atoms with Gasteiger partial charge in [0.2, 0.25) is 0 Å². The van der Waals surface area contributed by atoms with Crippen molar-refractivity contribution >= 4 is 23.7 Å². The van der Waals surface area contributed by atoms with Crippen LogP contribution in [0.3, 0.4) is 0 Å². The molecule has 5 nitrogen and oxygen atoms in total. The summed E-state index contributed by atoms with van der Waals surface area (Å²) in [7, 11) is 0. The third-order valence-electron chi connectivity index (χ3n) is 5.22. The predicted octanol–water partition coefficient (Wildman–Crippen LogP) is 7.05. The van der Waals surface area contributed by atoms with Crippen molar-refractivity contribution in [3.63, 3.8) is 0 Å². The molecule has 0 radical (unpaired) electrons. The molecule has 2 atom stereocenters. The van der Waals surface area contributed by atoms with E-state index in [4.69, 9.17) is 10.2 Å². The molecule has 0 amide bonds. The highest BCUT2D eigenvalue weighted by Gasteiger charge is 2.30.